The quantitative estimate of drug-likeness (QED) is 0.706. The van der Waals surface area contributed by atoms with Gasteiger partial charge in [-0.2, -0.15) is 11.3 Å². The van der Waals surface area contributed by atoms with Crippen LogP contribution < -0.4 is 10.1 Å². The number of rotatable bonds is 8. The van der Waals surface area contributed by atoms with Crippen LogP contribution in [-0.2, 0) is 16.1 Å². The van der Waals surface area contributed by atoms with E-state index in [4.69, 9.17) is 4.74 Å². The third kappa shape index (κ3) is 6.25. The van der Waals surface area contributed by atoms with Gasteiger partial charge in [-0.05, 0) is 52.1 Å². The first-order valence-corrected chi connectivity index (χ1v) is 9.73. The average Bonchev–Trinajstić information content (AvgIpc) is 3.17. The Labute approximate surface area is 164 Å². The lowest BCUT2D eigenvalue weighted by Gasteiger charge is -2.26. The van der Waals surface area contributed by atoms with Crippen molar-refractivity contribution >= 4 is 29.2 Å². The van der Waals surface area contributed by atoms with E-state index in [1.807, 2.05) is 54.9 Å². The molecule has 1 heterocycles. The third-order valence-electron chi connectivity index (χ3n) is 4.15. The summed E-state index contributed by atoms with van der Waals surface area (Å²) >= 11 is 1.60. The fraction of sp³-hybridized carbons (Fsp3) is 0.333. The van der Waals surface area contributed by atoms with Crippen LogP contribution in [0.5, 0.6) is 5.75 Å². The molecule has 1 unspecified atom stereocenters. The van der Waals surface area contributed by atoms with Crippen molar-refractivity contribution in [3.05, 3.63) is 58.3 Å². The van der Waals surface area contributed by atoms with Crippen molar-refractivity contribution in [2.45, 2.75) is 26.4 Å². The molecule has 0 bridgehead atoms. The number of thiophene rings is 1. The predicted molar refractivity (Wildman–Crippen MR) is 110 cm³/mol. The molecule has 1 atom stereocenters. The van der Waals surface area contributed by atoms with Gasteiger partial charge < -0.3 is 15.0 Å². The van der Waals surface area contributed by atoms with Crippen LogP contribution in [0.15, 0.2) is 47.2 Å². The maximum absolute atomic E-state index is 12.8. The number of hydrogen-bond acceptors (Lipinski definition) is 4. The zero-order valence-corrected chi connectivity index (χ0v) is 17.0. The maximum Gasteiger partial charge on any atom is 0.245 e. The molecule has 144 valence electrons. The van der Waals surface area contributed by atoms with Crippen LogP contribution >= 0.6 is 11.3 Å². The molecule has 2 amide bonds. The highest BCUT2D eigenvalue weighted by Gasteiger charge is 2.26. The minimum absolute atomic E-state index is 0.0132. The SMILES string of the molecule is COc1ccc(C=CC(=O)NC(C(=O)N(C)Cc2ccsc2)C(C)C)cc1. The van der Waals surface area contributed by atoms with Gasteiger partial charge in [-0.3, -0.25) is 9.59 Å². The molecule has 0 aliphatic carbocycles. The molecule has 0 aliphatic heterocycles. The largest absolute Gasteiger partial charge is 0.497 e. The maximum atomic E-state index is 12.8. The van der Waals surface area contributed by atoms with Gasteiger partial charge in [-0.25, -0.2) is 0 Å². The Morgan fingerprint density at radius 3 is 2.48 bits per heavy atom. The molecule has 2 rings (SSSR count). The van der Waals surface area contributed by atoms with Gasteiger partial charge in [0.25, 0.3) is 0 Å². The molecule has 27 heavy (non-hydrogen) atoms. The van der Waals surface area contributed by atoms with Crippen molar-refractivity contribution in [2.24, 2.45) is 5.92 Å². The van der Waals surface area contributed by atoms with E-state index >= 15 is 0 Å². The number of amides is 2. The van der Waals surface area contributed by atoms with Gasteiger partial charge in [0, 0.05) is 19.7 Å². The molecule has 2 aromatic rings. The van der Waals surface area contributed by atoms with Crippen molar-refractivity contribution in [1.82, 2.24) is 10.2 Å². The highest BCUT2D eigenvalue weighted by atomic mass is 32.1. The molecular weight excluding hydrogens is 360 g/mol. The second-order valence-electron chi connectivity index (χ2n) is 6.66. The first-order valence-electron chi connectivity index (χ1n) is 8.79. The standard InChI is InChI=1S/C21H26N2O3S/c1-15(2)20(21(25)23(3)13-17-11-12-27-14-17)22-19(24)10-7-16-5-8-18(26-4)9-6-16/h5-12,14-15,20H,13H2,1-4H3,(H,22,24). The van der Waals surface area contributed by atoms with E-state index in [0.29, 0.717) is 6.54 Å². The highest BCUT2D eigenvalue weighted by molar-refractivity contribution is 7.07. The zero-order valence-electron chi connectivity index (χ0n) is 16.1. The zero-order chi connectivity index (χ0) is 19.8. The molecule has 6 heteroatoms. The summed E-state index contributed by atoms with van der Waals surface area (Å²) in [6.07, 6.45) is 3.16. The summed E-state index contributed by atoms with van der Waals surface area (Å²) in [5, 5.41) is 6.83. The summed E-state index contributed by atoms with van der Waals surface area (Å²) in [6, 6.07) is 8.82. The fourth-order valence-electron chi connectivity index (χ4n) is 2.57. The third-order valence-corrected chi connectivity index (χ3v) is 4.88. The number of carbonyl (C=O) groups is 2. The van der Waals surface area contributed by atoms with Crippen LogP contribution in [0.4, 0.5) is 0 Å². The fourth-order valence-corrected chi connectivity index (χ4v) is 3.23. The summed E-state index contributed by atoms with van der Waals surface area (Å²) in [7, 11) is 3.37. The molecule has 0 saturated heterocycles. The van der Waals surface area contributed by atoms with E-state index in [1.165, 1.54) is 6.08 Å². The van der Waals surface area contributed by atoms with Crippen LogP contribution in [0.25, 0.3) is 6.08 Å². The van der Waals surface area contributed by atoms with Crippen LogP contribution in [0.2, 0.25) is 0 Å². The van der Waals surface area contributed by atoms with E-state index in [9.17, 15) is 9.59 Å². The number of likely N-dealkylation sites (N-methyl/N-ethyl adjacent to an activating group) is 1. The van der Waals surface area contributed by atoms with Gasteiger partial charge in [0.15, 0.2) is 0 Å². The summed E-state index contributed by atoms with van der Waals surface area (Å²) < 4.78 is 5.11. The van der Waals surface area contributed by atoms with Gasteiger partial charge in [-0.15, -0.1) is 0 Å². The van der Waals surface area contributed by atoms with Crippen molar-refractivity contribution in [2.75, 3.05) is 14.2 Å². The second-order valence-corrected chi connectivity index (χ2v) is 7.44. The molecule has 0 spiro atoms. The van der Waals surface area contributed by atoms with Crippen molar-refractivity contribution in [3.63, 3.8) is 0 Å². The van der Waals surface area contributed by atoms with E-state index in [-0.39, 0.29) is 17.7 Å². The molecule has 1 aromatic carbocycles. The summed E-state index contributed by atoms with van der Waals surface area (Å²) in [5.74, 6) is 0.362. The lowest BCUT2D eigenvalue weighted by atomic mass is 10.0. The molecule has 1 N–H and O–H groups in total. The smallest absolute Gasteiger partial charge is 0.245 e. The van der Waals surface area contributed by atoms with Crippen LogP contribution in [0.1, 0.15) is 25.0 Å². The van der Waals surface area contributed by atoms with Crippen LogP contribution in [-0.4, -0.2) is 36.9 Å². The van der Waals surface area contributed by atoms with Gasteiger partial charge in [-0.1, -0.05) is 26.0 Å². The van der Waals surface area contributed by atoms with Crippen molar-refractivity contribution < 1.29 is 14.3 Å². The molecule has 0 aliphatic rings. The Balaban J connectivity index is 1.97. The molecule has 0 radical (unpaired) electrons. The van der Waals surface area contributed by atoms with Gasteiger partial charge in [0.1, 0.15) is 11.8 Å². The molecule has 5 nitrogen and oxygen atoms in total. The molecule has 0 fully saturated rings. The lowest BCUT2D eigenvalue weighted by molar-refractivity contribution is -0.136. The number of ether oxygens (including phenoxy) is 1. The van der Waals surface area contributed by atoms with Crippen LogP contribution in [0.3, 0.4) is 0 Å². The number of benzene rings is 1. The molecule has 0 saturated carbocycles. The first-order chi connectivity index (χ1) is 12.9. The van der Waals surface area contributed by atoms with Gasteiger partial charge in [0.2, 0.25) is 11.8 Å². The second kappa shape index (κ2) is 9.92. The summed E-state index contributed by atoms with van der Waals surface area (Å²) in [4.78, 5) is 26.7. The minimum Gasteiger partial charge on any atom is -0.497 e. The normalized spacial score (nSPS) is 12.2. The van der Waals surface area contributed by atoms with E-state index in [0.717, 1.165) is 16.9 Å². The highest BCUT2D eigenvalue weighted by Crippen LogP contribution is 2.13. The number of nitrogens with one attached hydrogen (secondary N) is 1. The Morgan fingerprint density at radius 2 is 1.93 bits per heavy atom. The van der Waals surface area contributed by atoms with Gasteiger partial charge >= 0.3 is 0 Å². The van der Waals surface area contributed by atoms with Crippen LogP contribution in [0, 0.1) is 5.92 Å². The number of carbonyl (C=O) groups excluding carboxylic acids is 2. The number of nitrogens with zero attached hydrogens (tertiary/aromatic N) is 1. The Hall–Kier alpha value is -2.60. The van der Waals surface area contributed by atoms with E-state index in [2.05, 4.69) is 5.32 Å². The van der Waals surface area contributed by atoms with Crippen molar-refractivity contribution in [3.8, 4) is 5.75 Å². The predicted octanol–water partition coefficient (Wildman–Crippen LogP) is 3.57. The lowest BCUT2D eigenvalue weighted by Crippen LogP contribution is -2.49. The van der Waals surface area contributed by atoms with Gasteiger partial charge in [0.05, 0.1) is 7.11 Å². The molecular formula is C21H26N2O3S. The Kier molecular flexibility index (Phi) is 7.61. The van der Waals surface area contributed by atoms with Crippen molar-refractivity contribution in [1.29, 1.82) is 0 Å². The average molecular weight is 387 g/mol. The van der Waals surface area contributed by atoms with E-state index < -0.39 is 6.04 Å². The number of methoxy groups -OCH3 is 1. The van der Waals surface area contributed by atoms with E-state index in [1.54, 1.807) is 36.5 Å². The minimum atomic E-state index is -0.568. The topological polar surface area (TPSA) is 58.6 Å². The Morgan fingerprint density at radius 1 is 1.22 bits per heavy atom. The monoisotopic (exact) mass is 386 g/mol. The number of hydrogen-bond donors (Lipinski definition) is 1. The Bertz CT molecular complexity index is 767. The summed E-state index contributed by atoms with van der Waals surface area (Å²) in [5.41, 5.74) is 1.97. The molecule has 1 aromatic heterocycles. The first kappa shape index (κ1) is 20.7. The summed E-state index contributed by atoms with van der Waals surface area (Å²) in [6.45, 7) is 4.38.